The van der Waals surface area contributed by atoms with Crippen LogP contribution in [0.25, 0.3) is 12.4 Å². The summed E-state index contributed by atoms with van der Waals surface area (Å²) in [4.78, 5) is 46.2. The van der Waals surface area contributed by atoms with Gasteiger partial charge < -0.3 is 9.47 Å². The Labute approximate surface area is 173 Å². The molecule has 0 atom stereocenters. The third kappa shape index (κ3) is 6.56. The van der Waals surface area contributed by atoms with Crippen molar-refractivity contribution in [1.29, 1.82) is 0 Å². The molecule has 0 saturated carbocycles. The van der Waals surface area contributed by atoms with Crippen LogP contribution in [0.5, 0.6) is 0 Å². The minimum absolute atomic E-state index is 0.295. The maximum Gasteiger partial charge on any atom is 0.367 e. The van der Waals surface area contributed by atoms with Crippen LogP contribution in [0.15, 0.2) is 21.7 Å². The number of aromatic nitrogens is 8. The molecular weight excluding hydrogens is 440 g/mol. The number of nitrogens with zero attached hydrogens (tertiary/aromatic N) is 8. The summed E-state index contributed by atoms with van der Waals surface area (Å²) in [5.74, 6) is -2.34. The molecule has 16 nitrogen and oxygen atoms in total. The molecule has 0 bridgehead atoms. The van der Waals surface area contributed by atoms with Crippen molar-refractivity contribution in [3.8, 4) is 0 Å². The fourth-order valence-corrected chi connectivity index (χ4v) is 3.10. The van der Waals surface area contributed by atoms with E-state index in [0.29, 0.717) is 0 Å². The molecule has 0 radical (unpaired) electrons. The van der Waals surface area contributed by atoms with E-state index in [1.165, 1.54) is 0 Å². The molecule has 0 fully saturated rings. The second kappa shape index (κ2) is 10.2. The molecule has 31 heavy (non-hydrogen) atoms. The number of tetrazole rings is 2. The molecule has 0 aliphatic carbocycles. The fraction of sp³-hybridized carbons (Fsp3) is 0.429. The lowest BCUT2D eigenvalue weighted by Gasteiger charge is -2.03. The monoisotopic (exact) mass is 458 g/mol. The third-order valence-corrected chi connectivity index (χ3v) is 5.27. The van der Waals surface area contributed by atoms with Gasteiger partial charge in [-0.1, -0.05) is 0 Å². The van der Waals surface area contributed by atoms with Crippen LogP contribution in [0.1, 0.15) is 0 Å². The zero-order valence-electron chi connectivity index (χ0n) is 16.4. The summed E-state index contributed by atoms with van der Waals surface area (Å²) in [5, 5.41) is 14.0. The van der Waals surface area contributed by atoms with E-state index in [2.05, 4.69) is 30.3 Å². The van der Waals surface area contributed by atoms with E-state index >= 15 is 0 Å². The van der Waals surface area contributed by atoms with Gasteiger partial charge in [0.1, 0.15) is 0 Å². The second-order valence-corrected chi connectivity index (χ2v) is 7.99. The zero-order valence-corrected chi connectivity index (χ0v) is 17.2. The Morgan fingerprint density at radius 3 is 1.55 bits per heavy atom. The van der Waals surface area contributed by atoms with Crippen LogP contribution in [0.3, 0.4) is 0 Å². The van der Waals surface area contributed by atoms with E-state index in [9.17, 15) is 27.6 Å². The van der Waals surface area contributed by atoms with Gasteiger partial charge in [-0.25, -0.2) is 27.6 Å². The molecule has 2 rings (SSSR count). The second-order valence-electron chi connectivity index (χ2n) is 5.69. The average molecular weight is 458 g/mol. The number of ether oxygens (including phenoxy) is 2. The molecule has 0 aromatic carbocycles. The number of aryl methyl sites for hydroxylation is 2. The highest BCUT2D eigenvalue weighted by Gasteiger charge is 2.16. The zero-order chi connectivity index (χ0) is 23.0. The summed E-state index contributed by atoms with van der Waals surface area (Å²) in [6, 6.07) is 0. The Hall–Kier alpha value is -3.89. The van der Waals surface area contributed by atoms with Crippen LogP contribution >= 0.6 is 0 Å². The Morgan fingerprint density at radius 2 is 1.19 bits per heavy atom. The highest BCUT2D eigenvalue weighted by atomic mass is 32.2. The summed E-state index contributed by atoms with van der Waals surface area (Å²) >= 11 is 0. The Kier molecular flexibility index (Phi) is 7.72. The van der Waals surface area contributed by atoms with E-state index in [0.717, 1.165) is 57.5 Å². The van der Waals surface area contributed by atoms with Crippen LogP contribution in [-0.2, 0) is 42.0 Å². The molecule has 0 amide bonds. The fourth-order valence-electron chi connectivity index (χ4n) is 1.99. The summed E-state index contributed by atoms with van der Waals surface area (Å²) in [6.45, 7) is -0.590. The number of rotatable bonds is 10. The number of methoxy groups -OCH3 is 2. The molecule has 0 aliphatic rings. The van der Waals surface area contributed by atoms with Gasteiger partial charge >= 0.3 is 23.3 Å². The first-order chi connectivity index (χ1) is 14.7. The van der Waals surface area contributed by atoms with Gasteiger partial charge in [-0.15, -0.1) is 0 Å². The Balaban J connectivity index is 1.97. The van der Waals surface area contributed by atoms with E-state index in [1.54, 1.807) is 0 Å². The standard InChI is InChI=1S/C14H18N8O8S/c1-29-11(23)3-5-19-13(25)21(17-15-19)7-9-31(27,28)10-8-22-14(26)20(16-18-22)6-4-12(24)30-2/h3-6H,7-10H2,1-2H3/b5-3+,6-4+. The minimum Gasteiger partial charge on any atom is -0.466 e. The number of esters is 2. The molecule has 0 aliphatic heterocycles. The molecular formula is C14H18N8O8S. The normalized spacial score (nSPS) is 11.9. The molecule has 2 aromatic rings. The first kappa shape index (κ1) is 23.4. The highest BCUT2D eigenvalue weighted by Crippen LogP contribution is 1.94. The van der Waals surface area contributed by atoms with Gasteiger partial charge in [-0.05, 0) is 20.9 Å². The predicted molar refractivity (Wildman–Crippen MR) is 102 cm³/mol. The number of hydrogen-bond acceptors (Lipinski definition) is 12. The van der Waals surface area contributed by atoms with Crippen molar-refractivity contribution in [3.63, 3.8) is 0 Å². The Bertz CT molecular complexity index is 1130. The van der Waals surface area contributed by atoms with Gasteiger partial charge in [-0.3, -0.25) is 0 Å². The quantitative estimate of drug-likeness (QED) is 0.253. The van der Waals surface area contributed by atoms with Gasteiger partial charge in [0.2, 0.25) is 0 Å². The van der Waals surface area contributed by atoms with E-state index in [4.69, 9.17) is 0 Å². The maximum absolute atomic E-state index is 12.2. The average Bonchev–Trinajstić information content (AvgIpc) is 3.29. The number of hydrogen-bond donors (Lipinski definition) is 0. The van der Waals surface area contributed by atoms with Crippen LogP contribution < -0.4 is 11.4 Å². The maximum atomic E-state index is 12.2. The van der Waals surface area contributed by atoms with Crippen LogP contribution in [0.2, 0.25) is 0 Å². The lowest BCUT2D eigenvalue weighted by Crippen LogP contribution is -2.29. The molecule has 0 unspecified atom stereocenters. The van der Waals surface area contributed by atoms with Crippen molar-refractivity contribution in [2.45, 2.75) is 13.1 Å². The summed E-state index contributed by atoms with van der Waals surface area (Å²) < 4.78 is 36.3. The van der Waals surface area contributed by atoms with Crippen LogP contribution in [0, 0.1) is 0 Å². The summed E-state index contributed by atoms with van der Waals surface area (Å²) in [7, 11) is -1.39. The van der Waals surface area contributed by atoms with Gasteiger partial charge in [0.15, 0.2) is 9.84 Å². The minimum atomic E-state index is -3.71. The van der Waals surface area contributed by atoms with Crippen molar-refractivity contribution in [2.75, 3.05) is 25.7 Å². The van der Waals surface area contributed by atoms with E-state index < -0.39 is 44.7 Å². The van der Waals surface area contributed by atoms with Crippen molar-refractivity contribution >= 4 is 34.2 Å². The van der Waals surface area contributed by atoms with E-state index in [1.807, 2.05) is 0 Å². The van der Waals surface area contributed by atoms with Gasteiger partial charge in [0, 0.05) is 24.6 Å². The van der Waals surface area contributed by atoms with Gasteiger partial charge in [0.05, 0.1) is 38.8 Å². The number of carbonyl (C=O) groups is 2. The molecule has 0 spiro atoms. The number of sulfone groups is 1. The lowest BCUT2D eigenvalue weighted by molar-refractivity contribution is -0.135. The molecule has 0 N–H and O–H groups in total. The topological polar surface area (TPSA) is 192 Å². The smallest absolute Gasteiger partial charge is 0.367 e. The summed E-state index contributed by atoms with van der Waals surface area (Å²) in [6.07, 6.45) is 3.94. The number of carbonyl (C=O) groups excluding carboxylic acids is 2. The third-order valence-electron chi connectivity index (χ3n) is 3.66. The molecule has 0 saturated heterocycles. The summed E-state index contributed by atoms with van der Waals surface area (Å²) in [5.41, 5.74) is -1.51. The van der Waals surface area contributed by atoms with Crippen molar-refractivity contribution < 1.29 is 27.5 Å². The van der Waals surface area contributed by atoms with Crippen LogP contribution in [0.4, 0.5) is 0 Å². The predicted octanol–water partition coefficient (Wildman–Crippen LogP) is -3.40. The SMILES string of the molecule is COC(=O)/C=C/n1nnn(CCS(=O)(=O)CCn2nnn(/C=C/C(=O)OC)c2=O)c1=O. The van der Waals surface area contributed by atoms with Gasteiger partial charge in [0.25, 0.3) is 0 Å². The van der Waals surface area contributed by atoms with Crippen molar-refractivity contribution in [2.24, 2.45) is 0 Å². The van der Waals surface area contributed by atoms with Crippen molar-refractivity contribution in [1.82, 2.24) is 39.6 Å². The van der Waals surface area contributed by atoms with Gasteiger partial charge in [-0.2, -0.15) is 18.7 Å². The van der Waals surface area contributed by atoms with E-state index in [-0.39, 0.29) is 13.1 Å². The Morgan fingerprint density at radius 1 is 0.806 bits per heavy atom. The molecule has 2 heterocycles. The first-order valence-electron chi connectivity index (χ1n) is 8.44. The van der Waals surface area contributed by atoms with Crippen molar-refractivity contribution in [3.05, 3.63) is 33.1 Å². The largest absolute Gasteiger partial charge is 0.466 e. The van der Waals surface area contributed by atoms with Crippen LogP contribution in [-0.4, -0.2) is 85.7 Å². The first-order valence-corrected chi connectivity index (χ1v) is 10.3. The lowest BCUT2D eigenvalue weighted by atomic mass is 10.6. The molecule has 17 heteroatoms. The highest BCUT2D eigenvalue weighted by molar-refractivity contribution is 7.91. The molecule has 2 aromatic heterocycles. The molecule has 168 valence electrons.